The molecule has 3 aromatic carbocycles. The number of nitrogens with zero attached hydrogens (tertiary/aromatic N) is 3. The highest BCUT2D eigenvalue weighted by molar-refractivity contribution is 5.72. The molecule has 8 N–H and O–H groups in total. The Labute approximate surface area is 321 Å². The predicted octanol–water partition coefficient (Wildman–Crippen LogP) is 7.36. The van der Waals surface area contributed by atoms with Crippen molar-refractivity contribution >= 4 is 0 Å². The van der Waals surface area contributed by atoms with Crippen molar-refractivity contribution in [2.45, 2.75) is 79.1 Å². The molecule has 4 aromatic rings. The van der Waals surface area contributed by atoms with E-state index in [9.17, 15) is 10.2 Å². The average Bonchev–Trinajstić information content (AvgIpc) is 3.21. The number of hydrogen-bond acceptors (Lipinski definition) is 12. The van der Waals surface area contributed by atoms with Crippen molar-refractivity contribution in [1.29, 1.82) is 0 Å². The number of phenolic OH excluding ortho intramolecular Hbond substituents is 2. The molecule has 2 unspecified atom stereocenters. The molecule has 298 valence electrons. The van der Waals surface area contributed by atoms with Crippen LogP contribution in [0.1, 0.15) is 79.1 Å². The van der Waals surface area contributed by atoms with Gasteiger partial charge in [0.1, 0.15) is 28.7 Å². The first-order valence-corrected chi connectivity index (χ1v) is 19.2. The van der Waals surface area contributed by atoms with Gasteiger partial charge in [-0.2, -0.15) is 0 Å². The maximum atomic E-state index is 11.1. The van der Waals surface area contributed by atoms with Gasteiger partial charge >= 0.3 is 0 Å². The van der Waals surface area contributed by atoms with E-state index in [1.807, 2.05) is 36.4 Å². The number of aliphatic hydroxyl groups is 2. The molecule has 0 aliphatic carbocycles. The lowest BCUT2D eigenvalue weighted by Gasteiger charge is -2.16. The zero-order valence-electron chi connectivity index (χ0n) is 32.8. The lowest BCUT2D eigenvalue weighted by molar-refractivity contribution is 0.232. The van der Waals surface area contributed by atoms with Crippen LogP contribution >= 0.6 is 0 Å². The fourth-order valence-electron chi connectivity index (χ4n) is 5.29. The standard InChI is InChI=1S/C38H49N3O5.2C2H7NO/c1-6-10-12-26(8-3)24-45-30-18-20-32(34(42)22-30)37-39-36(28-14-16-29(44-5)17-15-28)40-38(41-37)33-21-19-31(23-35(33)43)46-25-27(9-4)13-11-7-2;2*3-1-2-4/h14-23,26-27,42-43H,6-13,24-25H2,1-5H3;2*4H,1-3H2. The molecule has 0 radical (unpaired) electrons. The zero-order chi connectivity index (χ0) is 39.7. The zero-order valence-corrected chi connectivity index (χ0v) is 32.8. The molecule has 0 fully saturated rings. The molecule has 2 atom stereocenters. The molecule has 0 amide bonds. The number of benzene rings is 3. The first kappa shape index (κ1) is 45.7. The molecule has 0 aliphatic heterocycles. The molecule has 0 spiro atoms. The highest BCUT2D eigenvalue weighted by atomic mass is 16.5. The first-order valence-electron chi connectivity index (χ1n) is 19.2. The van der Waals surface area contributed by atoms with Crippen molar-refractivity contribution in [2.75, 3.05) is 46.6 Å². The number of aromatic hydroxyl groups is 2. The average molecular weight is 750 g/mol. The van der Waals surface area contributed by atoms with E-state index in [4.69, 9.17) is 50.8 Å². The number of hydrogen-bond donors (Lipinski definition) is 6. The Kier molecular flexibility index (Phi) is 22.3. The van der Waals surface area contributed by atoms with E-state index < -0.39 is 0 Å². The van der Waals surface area contributed by atoms with Crippen molar-refractivity contribution in [3.63, 3.8) is 0 Å². The van der Waals surface area contributed by atoms with E-state index in [2.05, 4.69) is 27.7 Å². The van der Waals surface area contributed by atoms with Crippen LogP contribution in [0.5, 0.6) is 28.7 Å². The van der Waals surface area contributed by atoms with Gasteiger partial charge in [-0.15, -0.1) is 0 Å². The molecule has 1 aromatic heterocycles. The van der Waals surface area contributed by atoms with Gasteiger partial charge in [-0.1, -0.05) is 66.2 Å². The Morgan fingerprint density at radius 1 is 0.593 bits per heavy atom. The van der Waals surface area contributed by atoms with Gasteiger partial charge in [0, 0.05) is 30.8 Å². The third-order valence-corrected chi connectivity index (χ3v) is 8.72. The van der Waals surface area contributed by atoms with Crippen LogP contribution in [0.25, 0.3) is 34.2 Å². The van der Waals surface area contributed by atoms with Gasteiger partial charge in [-0.25, -0.2) is 15.0 Å². The highest BCUT2D eigenvalue weighted by Gasteiger charge is 2.18. The second kappa shape index (κ2) is 26.3. The van der Waals surface area contributed by atoms with Crippen molar-refractivity contribution in [3.05, 3.63) is 60.7 Å². The van der Waals surface area contributed by atoms with Crippen LogP contribution in [0, 0.1) is 11.8 Å². The molecule has 12 nitrogen and oxygen atoms in total. The molecule has 0 saturated heterocycles. The number of methoxy groups -OCH3 is 1. The molecule has 12 heteroatoms. The summed E-state index contributed by atoms with van der Waals surface area (Å²) in [6.45, 7) is 10.9. The maximum Gasteiger partial charge on any atom is 0.167 e. The molecular formula is C42H63N5O7. The summed E-state index contributed by atoms with van der Waals surface area (Å²) in [4.78, 5) is 14.2. The van der Waals surface area contributed by atoms with Crippen LogP contribution in [0.4, 0.5) is 0 Å². The molecular weight excluding hydrogens is 686 g/mol. The fraction of sp³-hybridized carbons (Fsp3) is 0.500. The van der Waals surface area contributed by atoms with E-state index in [0.717, 1.165) is 44.1 Å². The second-order valence-corrected chi connectivity index (χ2v) is 12.9. The Balaban J connectivity index is 0.00000114. The van der Waals surface area contributed by atoms with Crippen molar-refractivity contribution in [3.8, 4) is 62.9 Å². The molecule has 4 rings (SSSR count). The van der Waals surface area contributed by atoms with Gasteiger partial charge in [0.15, 0.2) is 17.5 Å². The van der Waals surface area contributed by atoms with Gasteiger partial charge in [-0.3, -0.25) is 0 Å². The monoisotopic (exact) mass is 749 g/mol. The Bertz CT molecular complexity index is 1510. The minimum absolute atomic E-state index is 0.00143. The summed E-state index contributed by atoms with van der Waals surface area (Å²) in [6.07, 6.45) is 9.00. The smallest absolute Gasteiger partial charge is 0.167 e. The summed E-state index contributed by atoms with van der Waals surface area (Å²) in [5.41, 5.74) is 11.2. The van der Waals surface area contributed by atoms with Crippen molar-refractivity contribution < 1.29 is 34.6 Å². The molecule has 54 heavy (non-hydrogen) atoms. The fourth-order valence-corrected chi connectivity index (χ4v) is 5.29. The van der Waals surface area contributed by atoms with Gasteiger partial charge in [0.2, 0.25) is 0 Å². The van der Waals surface area contributed by atoms with Crippen molar-refractivity contribution in [1.82, 2.24) is 15.0 Å². The van der Waals surface area contributed by atoms with E-state index in [1.54, 1.807) is 31.4 Å². The Hall–Kier alpha value is -4.49. The Morgan fingerprint density at radius 3 is 1.31 bits per heavy atom. The van der Waals surface area contributed by atoms with Crippen LogP contribution in [0.15, 0.2) is 60.7 Å². The van der Waals surface area contributed by atoms with Gasteiger partial charge in [0.05, 0.1) is 44.7 Å². The van der Waals surface area contributed by atoms with Crippen LogP contribution in [0.3, 0.4) is 0 Å². The summed E-state index contributed by atoms with van der Waals surface area (Å²) in [5.74, 6) is 3.77. The first-order chi connectivity index (χ1) is 26.2. The van der Waals surface area contributed by atoms with E-state index >= 15 is 0 Å². The van der Waals surface area contributed by atoms with Gasteiger partial charge in [-0.05, 0) is 73.2 Å². The third-order valence-electron chi connectivity index (χ3n) is 8.72. The van der Waals surface area contributed by atoms with Crippen LogP contribution < -0.4 is 25.7 Å². The highest BCUT2D eigenvalue weighted by Crippen LogP contribution is 2.36. The van der Waals surface area contributed by atoms with Gasteiger partial charge < -0.3 is 46.1 Å². The third kappa shape index (κ3) is 15.5. The summed E-state index contributed by atoms with van der Waals surface area (Å²) in [7, 11) is 1.61. The summed E-state index contributed by atoms with van der Waals surface area (Å²) in [5, 5.41) is 37.7. The lowest BCUT2D eigenvalue weighted by atomic mass is 10.0. The van der Waals surface area contributed by atoms with Crippen LogP contribution in [0.2, 0.25) is 0 Å². The number of unbranched alkanes of at least 4 members (excludes halogenated alkanes) is 2. The Morgan fingerprint density at radius 2 is 0.981 bits per heavy atom. The predicted molar refractivity (Wildman–Crippen MR) is 216 cm³/mol. The van der Waals surface area contributed by atoms with Gasteiger partial charge in [0.25, 0.3) is 0 Å². The number of rotatable bonds is 20. The number of aromatic nitrogens is 3. The minimum Gasteiger partial charge on any atom is -0.507 e. The summed E-state index contributed by atoms with van der Waals surface area (Å²) < 4.78 is 17.4. The SMILES string of the molecule is CCCCC(CC)COc1ccc(-c2nc(-c3ccc(OC)cc3)nc(-c3ccc(OCC(CC)CCCC)cc3O)n2)c(O)c1.NCCO.NCCO. The van der Waals surface area contributed by atoms with Crippen molar-refractivity contribution in [2.24, 2.45) is 23.3 Å². The summed E-state index contributed by atoms with van der Waals surface area (Å²) in [6, 6.07) is 17.8. The number of ether oxygens (including phenoxy) is 3. The number of aliphatic hydroxyl groups excluding tert-OH is 2. The molecule has 0 bridgehead atoms. The van der Waals surface area contributed by atoms with E-state index in [-0.39, 0.29) is 36.4 Å². The topological polar surface area (TPSA) is 199 Å². The molecule has 0 saturated carbocycles. The van der Waals surface area contributed by atoms with Crippen LogP contribution in [-0.4, -0.2) is 82.0 Å². The normalized spacial score (nSPS) is 11.7. The lowest BCUT2D eigenvalue weighted by Crippen LogP contribution is -2.11. The molecule has 0 aliphatic rings. The number of phenols is 2. The maximum absolute atomic E-state index is 11.1. The molecule has 1 heterocycles. The van der Waals surface area contributed by atoms with E-state index in [0.29, 0.717) is 72.3 Å². The van der Waals surface area contributed by atoms with Crippen LogP contribution in [-0.2, 0) is 0 Å². The number of nitrogens with two attached hydrogens (primary N) is 2. The largest absolute Gasteiger partial charge is 0.507 e. The minimum atomic E-state index is -0.00143. The quantitative estimate of drug-likeness (QED) is 0.0526. The summed E-state index contributed by atoms with van der Waals surface area (Å²) >= 11 is 0. The van der Waals surface area contributed by atoms with E-state index in [1.165, 1.54) is 12.8 Å². The second-order valence-electron chi connectivity index (χ2n) is 12.9.